The molecule has 21 heavy (non-hydrogen) atoms. The maximum atomic E-state index is 11.8. The molecule has 1 amide bonds. The molecule has 0 aliphatic carbocycles. The van der Waals surface area contributed by atoms with Gasteiger partial charge in [-0.15, -0.1) is 0 Å². The van der Waals surface area contributed by atoms with Gasteiger partial charge >= 0.3 is 0 Å². The highest BCUT2D eigenvalue weighted by molar-refractivity contribution is 5.83. The molecule has 0 spiro atoms. The Morgan fingerprint density at radius 1 is 1.33 bits per heavy atom. The number of carbonyl (C=O) groups excluding carboxylic acids is 1. The minimum absolute atomic E-state index is 0.0171. The van der Waals surface area contributed by atoms with Crippen molar-refractivity contribution >= 4 is 16.8 Å². The first-order valence-corrected chi connectivity index (χ1v) is 6.84. The van der Waals surface area contributed by atoms with E-state index in [4.69, 9.17) is 0 Å². The van der Waals surface area contributed by atoms with Gasteiger partial charge in [0.2, 0.25) is 5.91 Å². The van der Waals surface area contributed by atoms with Crippen LogP contribution in [0.3, 0.4) is 0 Å². The zero-order valence-corrected chi connectivity index (χ0v) is 11.6. The van der Waals surface area contributed by atoms with Crippen molar-refractivity contribution in [1.82, 2.24) is 10.3 Å². The van der Waals surface area contributed by atoms with Crippen molar-refractivity contribution in [2.24, 2.45) is 0 Å². The Hall–Kier alpha value is -1.95. The third-order valence-electron chi connectivity index (χ3n) is 3.11. The number of amides is 1. The maximum Gasteiger partial charge on any atom is 0.261 e. The van der Waals surface area contributed by atoms with Crippen LogP contribution >= 0.6 is 0 Å². The minimum Gasteiger partial charge on any atom is -0.375 e. The molecule has 1 heterocycles. The van der Waals surface area contributed by atoms with Gasteiger partial charge in [-0.25, -0.2) is 8.78 Å². The van der Waals surface area contributed by atoms with Crippen LogP contribution in [-0.2, 0) is 16.0 Å². The number of nitrogens with one attached hydrogen (secondary N) is 2. The molecule has 0 aliphatic heterocycles. The molecule has 0 unspecified atom stereocenters. The van der Waals surface area contributed by atoms with Crippen LogP contribution in [0, 0.1) is 0 Å². The number of halogens is 2. The lowest BCUT2D eigenvalue weighted by molar-refractivity contribution is -0.122. The third-order valence-corrected chi connectivity index (χ3v) is 3.11. The molecule has 1 aromatic carbocycles. The van der Waals surface area contributed by atoms with E-state index < -0.39 is 13.0 Å². The minimum atomic E-state index is -2.49. The predicted molar refractivity (Wildman–Crippen MR) is 76.5 cm³/mol. The summed E-state index contributed by atoms with van der Waals surface area (Å²) in [7, 11) is 0. The van der Waals surface area contributed by atoms with Gasteiger partial charge in [-0.2, -0.15) is 0 Å². The van der Waals surface area contributed by atoms with Crippen molar-refractivity contribution in [1.29, 1.82) is 0 Å². The molecular weight excluding hydrogens is 278 g/mol. The number of benzene rings is 1. The number of ether oxygens (including phenoxy) is 1. The quantitative estimate of drug-likeness (QED) is 0.735. The van der Waals surface area contributed by atoms with E-state index in [-0.39, 0.29) is 18.9 Å². The van der Waals surface area contributed by atoms with Gasteiger partial charge in [0.05, 0.1) is 6.61 Å². The Morgan fingerprint density at radius 3 is 2.95 bits per heavy atom. The Morgan fingerprint density at radius 2 is 2.14 bits per heavy atom. The summed E-state index contributed by atoms with van der Waals surface area (Å²) >= 11 is 0. The van der Waals surface area contributed by atoms with Crippen LogP contribution in [0.2, 0.25) is 0 Å². The molecule has 0 saturated heterocycles. The first-order valence-electron chi connectivity index (χ1n) is 6.84. The van der Waals surface area contributed by atoms with E-state index in [0.717, 1.165) is 16.5 Å². The Labute approximate surface area is 121 Å². The second-order valence-electron chi connectivity index (χ2n) is 4.68. The fourth-order valence-corrected chi connectivity index (χ4v) is 2.10. The first kappa shape index (κ1) is 15.4. The summed E-state index contributed by atoms with van der Waals surface area (Å²) in [5, 5.41) is 3.90. The second-order valence-corrected chi connectivity index (χ2v) is 4.68. The predicted octanol–water partition coefficient (Wildman–Crippen LogP) is 2.50. The lowest BCUT2D eigenvalue weighted by Gasteiger charge is -2.05. The fourth-order valence-electron chi connectivity index (χ4n) is 2.10. The smallest absolute Gasteiger partial charge is 0.261 e. The molecule has 2 rings (SSSR count). The van der Waals surface area contributed by atoms with E-state index >= 15 is 0 Å². The molecule has 2 N–H and O–H groups in total. The van der Waals surface area contributed by atoms with Gasteiger partial charge in [-0.1, -0.05) is 18.2 Å². The number of alkyl halides is 2. The van der Waals surface area contributed by atoms with Gasteiger partial charge in [0.15, 0.2) is 0 Å². The largest absolute Gasteiger partial charge is 0.375 e. The van der Waals surface area contributed by atoms with Gasteiger partial charge in [-0.3, -0.25) is 4.79 Å². The Bertz CT molecular complexity index is 584. The average Bonchev–Trinajstić information content (AvgIpc) is 2.87. The van der Waals surface area contributed by atoms with Crippen molar-refractivity contribution in [3.63, 3.8) is 0 Å². The first-order chi connectivity index (χ1) is 10.2. The molecule has 0 aliphatic rings. The fraction of sp³-hybridized carbons (Fsp3) is 0.400. The number of carbonyl (C=O) groups is 1. The number of rotatable bonds is 8. The van der Waals surface area contributed by atoms with Crippen LogP contribution in [0.4, 0.5) is 8.78 Å². The summed E-state index contributed by atoms with van der Waals surface area (Å²) in [5.74, 6) is -0.191. The molecule has 4 nitrogen and oxygen atoms in total. The number of H-pyrrole nitrogens is 1. The molecule has 1 aromatic heterocycles. The Balaban J connectivity index is 1.68. The zero-order valence-electron chi connectivity index (χ0n) is 11.6. The van der Waals surface area contributed by atoms with Gasteiger partial charge in [0.1, 0.15) is 6.61 Å². The number of aromatic amines is 1. The van der Waals surface area contributed by atoms with E-state index in [2.05, 4.69) is 15.0 Å². The lowest BCUT2D eigenvalue weighted by Crippen LogP contribution is -2.26. The number of hydrogen-bond acceptors (Lipinski definition) is 2. The molecule has 0 saturated carbocycles. The second kappa shape index (κ2) is 7.73. The summed E-state index contributed by atoms with van der Waals surface area (Å²) in [6.45, 7) is -0.0958. The highest BCUT2D eigenvalue weighted by atomic mass is 19.3. The van der Waals surface area contributed by atoms with Crippen molar-refractivity contribution in [2.75, 3.05) is 19.8 Å². The standard InChI is InChI=1S/C15H18F2N2O2/c16-14(17)10-21-8-6-15(20)18-7-5-11-9-19-13-4-2-1-3-12(11)13/h1-4,9,14,19H,5-8,10H2,(H,18,20). The number of fused-ring (bicyclic) bond motifs is 1. The normalized spacial score (nSPS) is 11.2. The average molecular weight is 296 g/mol. The maximum absolute atomic E-state index is 11.8. The summed E-state index contributed by atoms with van der Waals surface area (Å²) in [5.41, 5.74) is 2.21. The van der Waals surface area contributed by atoms with Gasteiger partial charge in [-0.05, 0) is 18.1 Å². The van der Waals surface area contributed by atoms with Crippen molar-refractivity contribution in [2.45, 2.75) is 19.3 Å². The van der Waals surface area contributed by atoms with Crippen LogP contribution < -0.4 is 5.32 Å². The van der Waals surface area contributed by atoms with Crippen LogP contribution in [0.25, 0.3) is 10.9 Å². The molecule has 6 heteroatoms. The van der Waals surface area contributed by atoms with E-state index in [0.29, 0.717) is 13.0 Å². The molecule has 0 bridgehead atoms. The summed E-state index contributed by atoms with van der Waals surface area (Å²) in [6.07, 6.45) is 0.256. The van der Waals surface area contributed by atoms with E-state index in [1.165, 1.54) is 0 Å². The van der Waals surface area contributed by atoms with E-state index in [1.807, 2.05) is 30.5 Å². The van der Waals surface area contributed by atoms with Crippen molar-refractivity contribution in [3.8, 4) is 0 Å². The van der Waals surface area contributed by atoms with E-state index in [1.54, 1.807) is 0 Å². The molecule has 114 valence electrons. The monoisotopic (exact) mass is 296 g/mol. The number of hydrogen-bond donors (Lipinski definition) is 2. The summed E-state index contributed by atoms with van der Waals surface area (Å²) in [6, 6.07) is 7.96. The summed E-state index contributed by atoms with van der Waals surface area (Å²) < 4.78 is 28.3. The summed E-state index contributed by atoms with van der Waals surface area (Å²) in [4.78, 5) is 14.7. The third kappa shape index (κ3) is 4.82. The molecule has 0 radical (unpaired) electrons. The highest BCUT2D eigenvalue weighted by Gasteiger charge is 2.06. The SMILES string of the molecule is O=C(CCOCC(F)F)NCCc1c[nH]c2ccccc12. The topological polar surface area (TPSA) is 54.1 Å². The van der Waals surface area contributed by atoms with Crippen molar-refractivity contribution < 1.29 is 18.3 Å². The lowest BCUT2D eigenvalue weighted by atomic mass is 10.1. The Kier molecular flexibility index (Phi) is 5.68. The molecule has 0 atom stereocenters. The van der Waals surface area contributed by atoms with Gasteiger partial charge in [0, 0.05) is 30.1 Å². The number of aromatic nitrogens is 1. The molecular formula is C15H18F2N2O2. The zero-order chi connectivity index (χ0) is 15.1. The van der Waals surface area contributed by atoms with Crippen molar-refractivity contribution in [3.05, 3.63) is 36.0 Å². The van der Waals surface area contributed by atoms with Gasteiger partial charge < -0.3 is 15.0 Å². The molecule has 2 aromatic rings. The van der Waals surface area contributed by atoms with Crippen LogP contribution in [0.1, 0.15) is 12.0 Å². The molecule has 0 fully saturated rings. The van der Waals surface area contributed by atoms with Crippen LogP contribution in [0.5, 0.6) is 0 Å². The number of para-hydroxylation sites is 1. The van der Waals surface area contributed by atoms with Crippen LogP contribution in [-0.4, -0.2) is 37.1 Å². The van der Waals surface area contributed by atoms with Gasteiger partial charge in [0.25, 0.3) is 6.43 Å². The highest BCUT2D eigenvalue weighted by Crippen LogP contribution is 2.17. The van der Waals surface area contributed by atoms with Crippen LogP contribution in [0.15, 0.2) is 30.5 Å². The van der Waals surface area contributed by atoms with E-state index in [9.17, 15) is 13.6 Å².